The number of pyridine rings is 1. The number of carbonyl (C=O) groups excluding carboxylic acids is 1. The molecule has 0 aliphatic rings. The number of aryl methyl sites for hydroxylation is 1. The van der Waals surface area contributed by atoms with Gasteiger partial charge in [0.1, 0.15) is 5.82 Å². The Labute approximate surface area is 155 Å². The van der Waals surface area contributed by atoms with Gasteiger partial charge in [-0.05, 0) is 41.5 Å². The van der Waals surface area contributed by atoms with Gasteiger partial charge in [0.2, 0.25) is 0 Å². The van der Waals surface area contributed by atoms with Crippen LogP contribution < -0.4 is 5.48 Å². The van der Waals surface area contributed by atoms with Gasteiger partial charge in [0, 0.05) is 31.1 Å². The topological polar surface area (TPSA) is 80.0 Å². The van der Waals surface area contributed by atoms with Crippen molar-refractivity contribution in [2.75, 3.05) is 0 Å². The highest BCUT2D eigenvalue weighted by atomic mass is 16.5. The van der Waals surface area contributed by atoms with E-state index in [-0.39, 0.29) is 0 Å². The van der Waals surface area contributed by atoms with E-state index in [2.05, 4.69) is 21.7 Å². The molecule has 2 aromatic carbocycles. The Hall–Kier alpha value is -3.51. The molecular formula is C21H18N4O2. The summed E-state index contributed by atoms with van der Waals surface area (Å²) >= 11 is 0. The van der Waals surface area contributed by atoms with Crippen molar-refractivity contribution in [1.82, 2.24) is 20.0 Å². The van der Waals surface area contributed by atoms with Crippen molar-refractivity contribution in [2.24, 2.45) is 7.05 Å². The molecule has 6 nitrogen and oxygen atoms in total. The Kier molecular flexibility index (Phi) is 4.40. The van der Waals surface area contributed by atoms with Crippen LogP contribution >= 0.6 is 0 Å². The van der Waals surface area contributed by atoms with Gasteiger partial charge in [-0.2, -0.15) is 0 Å². The second-order valence-electron chi connectivity index (χ2n) is 6.36. The lowest BCUT2D eigenvalue weighted by atomic mass is 10.1. The fourth-order valence-corrected chi connectivity index (χ4v) is 3.13. The standard InChI is InChI=1S/C21H18N4O2/c1-25-19-8-6-14(7-9-21(26)24-27)11-18(19)23-20(25)12-15-10-16-4-2-3-5-17(16)22-13-15/h2-11,13,27H,12H2,1H3,(H,24,26). The summed E-state index contributed by atoms with van der Waals surface area (Å²) < 4.78 is 2.07. The molecule has 4 rings (SSSR count). The lowest BCUT2D eigenvalue weighted by Crippen LogP contribution is -2.14. The summed E-state index contributed by atoms with van der Waals surface area (Å²) in [7, 11) is 1.99. The number of carbonyl (C=O) groups is 1. The zero-order valence-electron chi connectivity index (χ0n) is 14.8. The van der Waals surface area contributed by atoms with Crippen molar-refractivity contribution < 1.29 is 10.0 Å². The van der Waals surface area contributed by atoms with E-state index in [1.165, 1.54) is 6.08 Å². The van der Waals surface area contributed by atoms with E-state index in [1.54, 1.807) is 11.6 Å². The number of rotatable bonds is 4. The lowest BCUT2D eigenvalue weighted by molar-refractivity contribution is -0.124. The van der Waals surface area contributed by atoms with Crippen molar-refractivity contribution in [3.63, 3.8) is 0 Å². The van der Waals surface area contributed by atoms with Crippen LogP contribution in [0.5, 0.6) is 0 Å². The molecule has 27 heavy (non-hydrogen) atoms. The third-order valence-electron chi connectivity index (χ3n) is 4.54. The number of hydroxylamine groups is 1. The number of nitrogens with one attached hydrogen (secondary N) is 1. The Morgan fingerprint density at radius 3 is 2.89 bits per heavy atom. The van der Waals surface area contributed by atoms with Gasteiger partial charge >= 0.3 is 0 Å². The van der Waals surface area contributed by atoms with Crippen molar-refractivity contribution in [3.8, 4) is 0 Å². The highest BCUT2D eigenvalue weighted by Gasteiger charge is 2.09. The van der Waals surface area contributed by atoms with Crippen LogP contribution in [0.25, 0.3) is 28.0 Å². The zero-order valence-corrected chi connectivity index (χ0v) is 14.8. The first-order valence-corrected chi connectivity index (χ1v) is 8.55. The molecule has 0 fully saturated rings. The molecule has 0 aliphatic carbocycles. The summed E-state index contributed by atoms with van der Waals surface area (Å²) in [5.74, 6) is 0.372. The van der Waals surface area contributed by atoms with Gasteiger partial charge in [0.05, 0.1) is 16.6 Å². The molecule has 4 aromatic rings. The molecule has 6 heteroatoms. The summed E-state index contributed by atoms with van der Waals surface area (Å²) in [6, 6.07) is 16.0. The van der Waals surface area contributed by atoms with Gasteiger partial charge in [-0.25, -0.2) is 10.5 Å². The van der Waals surface area contributed by atoms with Crippen LogP contribution in [0, 0.1) is 0 Å². The summed E-state index contributed by atoms with van der Waals surface area (Å²) in [5, 5.41) is 9.67. The Morgan fingerprint density at radius 1 is 1.19 bits per heavy atom. The summed E-state index contributed by atoms with van der Waals surface area (Å²) in [4.78, 5) is 20.4. The minimum absolute atomic E-state index is 0.569. The largest absolute Gasteiger partial charge is 0.331 e. The molecular weight excluding hydrogens is 340 g/mol. The van der Waals surface area contributed by atoms with Crippen molar-refractivity contribution in [3.05, 3.63) is 77.8 Å². The normalized spacial score (nSPS) is 11.5. The average Bonchev–Trinajstić information content (AvgIpc) is 3.00. The molecule has 0 bridgehead atoms. The maximum atomic E-state index is 11.1. The first-order valence-electron chi connectivity index (χ1n) is 8.55. The van der Waals surface area contributed by atoms with Crippen molar-refractivity contribution in [1.29, 1.82) is 0 Å². The number of amides is 1. The molecule has 0 saturated heterocycles. The summed E-state index contributed by atoms with van der Waals surface area (Å²) in [5.41, 5.74) is 6.37. The average molecular weight is 358 g/mol. The molecule has 0 atom stereocenters. The van der Waals surface area contributed by atoms with Gasteiger partial charge in [0.25, 0.3) is 5.91 Å². The molecule has 0 saturated carbocycles. The van der Waals surface area contributed by atoms with Crippen LogP contribution in [0.1, 0.15) is 17.0 Å². The Balaban J connectivity index is 1.65. The van der Waals surface area contributed by atoms with Crippen LogP contribution in [0.4, 0.5) is 0 Å². The third kappa shape index (κ3) is 3.43. The minimum Gasteiger partial charge on any atom is -0.331 e. The van der Waals surface area contributed by atoms with E-state index in [4.69, 9.17) is 10.2 Å². The molecule has 2 heterocycles. The van der Waals surface area contributed by atoms with Crippen molar-refractivity contribution in [2.45, 2.75) is 6.42 Å². The highest BCUT2D eigenvalue weighted by molar-refractivity contribution is 5.91. The predicted octanol–water partition coefficient (Wildman–Crippen LogP) is 3.23. The molecule has 0 aliphatic heterocycles. The van der Waals surface area contributed by atoms with Gasteiger partial charge < -0.3 is 4.57 Å². The van der Waals surface area contributed by atoms with Crippen LogP contribution in [-0.2, 0) is 18.3 Å². The van der Waals surface area contributed by atoms with Gasteiger partial charge in [-0.3, -0.25) is 15.0 Å². The SMILES string of the molecule is Cn1c(Cc2cnc3ccccc3c2)nc2cc(C=CC(=O)NO)ccc21. The molecule has 134 valence electrons. The van der Waals surface area contributed by atoms with Crippen LogP contribution in [0.15, 0.2) is 60.8 Å². The fourth-order valence-electron chi connectivity index (χ4n) is 3.13. The maximum Gasteiger partial charge on any atom is 0.267 e. The van der Waals surface area contributed by atoms with Gasteiger partial charge in [0.15, 0.2) is 0 Å². The monoisotopic (exact) mass is 358 g/mol. The zero-order chi connectivity index (χ0) is 18.8. The maximum absolute atomic E-state index is 11.1. The Morgan fingerprint density at radius 2 is 2.04 bits per heavy atom. The smallest absolute Gasteiger partial charge is 0.267 e. The van der Waals surface area contributed by atoms with E-state index < -0.39 is 5.91 Å². The van der Waals surface area contributed by atoms with E-state index in [0.29, 0.717) is 6.42 Å². The van der Waals surface area contributed by atoms with Gasteiger partial charge in [-0.1, -0.05) is 24.3 Å². The number of nitrogens with zero attached hydrogens (tertiary/aromatic N) is 3. The number of benzene rings is 2. The van der Waals surface area contributed by atoms with Crippen LogP contribution in [0.2, 0.25) is 0 Å². The van der Waals surface area contributed by atoms with E-state index in [9.17, 15) is 4.79 Å². The minimum atomic E-state index is -0.569. The first-order chi connectivity index (χ1) is 13.1. The second kappa shape index (κ2) is 7.01. The van der Waals surface area contributed by atoms with E-state index >= 15 is 0 Å². The molecule has 1 amide bonds. The first kappa shape index (κ1) is 16.9. The number of aromatic nitrogens is 3. The third-order valence-corrected chi connectivity index (χ3v) is 4.54. The van der Waals surface area contributed by atoms with E-state index in [1.807, 2.05) is 49.6 Å². The van der Waals surface area contributed by atoms with Crippen LogP contribution in [-0.4, -0.2) is 25.6 Å². The highest BCUT2D eigenvalue weighted by Crippen LogP contribution is 2.21. The van der Waals surface area contributed by atoms with Crippen molar-refractivity contribution >= 4 is 33.9 Å². The van der Waals surface area contributed by atoms with Crippen LogP contribution in [0.3, 0.4) is 0 Å². The Bertz CT molecular complexity index is 1180. The second-order valence-corrected chi connectivity index (χ2v) is 6.36. The van der Waals surface area contributed by atoms with E-state index in [0.717, 1.165) is 38.9 Å². The van der Waals surface area contributed by atoms with Gasteiger partial charge in [-0.15, -0.1) is 0 Å². The number of imidazole rings is 1. The number of hydrogen-bond acceptors (Lipinski definition) is 4. The number of hydrogen-bond donors (Lipinski definition) is 2. The molecule has 2 N–H and O–H groups in total. The number of fused-ring (bicyclic) bond motifs is 2. The predicted molar refractivity (Wildman–Crippen MR) is 104 cm³/mol. The summed E-state index contributed by atoms with van der Waals surface area (Å²) in [6.45, 7) is 0. The molecule has 0 unspecified atom stereocenters. The molecule has 0 spiro atoms. The molecule has 0 radical (unpaired) electrons. The molecule has 2 aromatic heterocycles. The fraction of sp³-hybridized carbons (Fsp3) is 0.0952. The summed E-state index contributed by atoms with van der Waals surface area (Å²) in [6.07, 6.45) is 5.48. The quantitative estimate of drug-likeness (QED) is 0.333. The lowest BCUT2D eigenvalue weighted by Gasteiger charge is -2.04. The number of para-hydroxylation sites is 1.